The number of hydrogen-bond acceptors (Lipinski definition) is 5. The van der Waals surface area contributed by atoms with Crippen molar-refractivity contribution in [2.24, 2.45) is 5.92 Å². The minimum Gasteiger partial charge on any atom is -0.320 e. The van der Waals surface area contributed by atoms with Crippen molar-refractivity contribution in [3.63, 3.8) is 0 Å². The summed E-state index contributed by atoms with van der Waals surface area (Å²) < 4.78 is 120. The number of pyridine rings is 1. The van der Waals surface area contributed by atoms with Crippen LogP contribution in [0, 0.1) is 5.92 Å². The van der Waals surface area contributed by atoms with Gasteiger partial charge in [-0.15, -0.1) is 0 Å². The Morgan fingerprint density at radius 3 is 2.41 bits per heavy atom. The average molecular weight is 516 g/mol. The second-order valence-corrected chi connectivity index (χ2v) is 10.2. The number of amides is 1. The first kappa shape index (κ1) is 25.9. The molecule has 1 fully saturated rings. The maximum atomic E-state index is 14.0. The lowest BCUT2D eigenvalue weighted by Crippen LogP contribution is -2.24. The molecule has 0 aliphatic heterocycles. The van der Waals surface area contributed by atoms with Gasteiger partial charge < -0.3 is 5.32 Å². The van der Waals surface area contributed by atoms with E-state index in [1.54, 1.807) is 0 Å². The third-order valence-electron chi connectivity index (χ3n) is 5.18. The molecule has 0 radical (unpaired) electrons. The van der Waals surface area contributed by atoms with Crippen LogP contribution in [-0.4, -0.2) is 41.3 Å². The summed E-state index contributed by atoms with van der Waals surface area (Å²) in [6, 6.07) is 1.95. The molecule has 15 heteroatoms. The number of nitrogens with one attached hydrogen (secondary N) is 1. The number of alkyl halides is 7. The number of carbonyl (C=O) groups is 1. The summed E-state index contributed by atoms with van der Waals surface area (Å²) in [5.41, 5.74) is -5.29. The molecule has 1 aliphatic carbocycles. The summed E-state index contributed by atoms with van der Waals surface area (Å²) >= 11 is 0. The summed E-state index contributed by atoms with van der Waals surface area (Å²) in [7, 11) is -3.84. The van der Waals surface area contributed by atoms with E-state index >= 15 is 0 Å². The molecule has 0 aromatic carbocycles. The largest absolute Gasteiger partial charge is 0.420 e. The maximum absolute atomic E-state index is 14.0. The van der Waals surface area contributed by atoms with E-state index < -0.39 is 81.0 Å². The highest BCUT2D eigenvalue weighted by Gasteiger charge is 2.49. The zero-order valence-electron chi connectivity index (χ0n) is 17.8. The van der Waals surface area contributed by atoms with Gasteiger partial charge >= 0.3 is 6.18 Å². The standard InChI is InChI=1S/C19H19F7N4O3S/c1-17(20,21)15-13(19(24,25)26)14(30(29-15)9-10-3-5-18(22,23)8-10)16(31)28-11-4-6-27-12(7-11)34(2,32)33/h4,6-7,10H,3,5,8-9H2,1-2H3,(H,27,28,31). The van der Waals surface area contributed by atoms with Crippen molar-refractivity contribution in [3.05, 3.63) is 35.3 Å². The molecule has 34 heavy (non-hydrogen) atoms. The van der Waals surface area contributed by atoms with Crippen molar-refractivity contribution < 1.29 is 43.9 Å². The average Bonchev–Trinajstić information content (AvgIpc) is 3.21. The summed E-state index contributed by atoms with van der Waals surface area (Å²) in [6.45, 7) is -0.454. The van der Waals surface area contributed by atoms with Gasteiger partial charge in [-0.1, -0.05) is 0 Å². The molecule has 1 amide bonds. The Bertz CT molecular complexity index is 1200. The molecule has 1 atom stereocenters. The van der Waals surface area contributed by atoms with E-state index in [1.165, 1.54) is 0 Å². The number of rotatable bonds is 6. The highest BCUT2D eigenvalue weighted by Crippen LogP contribution is 2.43. The number of sulfone groups is 1. The number of hydrogen-bond donors (Lipinski definition) is 1. The van der Waals surface area contributed by atoms with Crippen molar-refractivity contribution in [3.8, 4) is 0 Å². The van der Waals surface area contributed by atoms with Crippen LogP contribution in [0.1, 0.15) is 47.9 Å². The molecule has 1 N–H and O–H groups in total. The first-order valence-corrected chi connectivity index (χ1v) is 11.7. The summed E-state index contributed by atoms with van der Waals surface area (Å²) in [6.07, 6.45) is -4.99. The Morgan fingerprint density at radius 1 is 1.26 bits per heavy atom. The summed E-state index contributed by atoms with van der Waals surface area (Å²) in [5, 5.41) is 4.85. The number of halogens is 7. The van der Waals surface area contributed by atoms with Gasteiger partial charge in [0.25, 0.3) is 11.8 Å². The molecule has 1 unspecified atom stereocenters. The number of aromatic nitrogens is 3. The van der Waals surface area contributed by atoms with Gasteiger partial charge in [-0.25, -0.2) is 22.2 Å². The predicted octanol–water partition coefficient (Wildman–Crippen LogP) is 4.50. The molecule has 0 bridgehead atoms. The van der Waals surface area contributed by atoms with E-state index in [1.807, 2.05) is 5.32 Å². The van der Waals surface area contributed by atoms with Gasteiger partial charge in [-0.2, -0.15) is 27.1 Å². The molecule has 0 spiro atoms. The van der Waals surface area contributed by atoms with Crippen LogP contribution in [0.15, 0.2) is 23.4 Å². The number of anilines is 1. The van der Waals surface area contributed by atoms with Gasteiger partial charge in [-0.05, 0) is 24.5 Å². The molecule has 1 saturated carbocycles. The van der Waals surface area contributed by atoms with Gasteiger partial charge in [0, 0.05) is 44.5 Å². The Labute approximate surface area is 189 Å². The van der Waals surface area contributed by atoms with E-state index in [9.17, 15) is 43.9 Å². The first-order chi connectivity index (χ1) is 15.4. The van der Waals surface area contributed by atoms with E-state index in [0.717, 1.165) is 24.6 Å². The Balaban J connectivity index is 2.09. The second-order valence-electron chi connectivity index (χ2n) is 8.21. The fourth-order valence-electron chi connectivity index (χ4n) is 3.72. The topological polar surface area (TPSA) is 93.9 Å². The van der Waals surface area contributed by atoms with E-state index in [2.05, 4.69) is 10.1 Å². The lowest BCUT2D eigenvalue weighted by molar-refractivity contribution is -0.141. The molecule has 0 saturated heterocycles. The summed E-state index contributed by atoms with van der Waals surface area (Å²) in [4.78, 5) is 16.4. The van der Waals surface area contributed by atoms with Crippen molar-refractivity contribution in [1.82, 2.24) is 14.8 Å². The fourth-order valence-corrected chi connectivity index (χ4v) is 4.32. The van der Waals surface area contributed by atoms with Crippen LogP contribution in [0.2, 0.25) is 0 Å². The minimum atomic E-state index is -5.44. The Kier molecular flexibility index (Phi) is 6.48. The Hall–Kier alpha value is -2.71. The monoisotopic (exact) mass is 516 g/mol. The molecule has 3 rings (SSSR count). The van der Waals surface area contributed by atoms with Crippen molar-refractivity contribution >= 4 is 21.4 Å². The molecular weight excluding hydrogens is 497 g/mol. The van der Waals surface area contributed by atoms with Crippen LogP contribution in [0.3, 0.4) is 0 Å². The normalized spacial score (nSPS) is 18.8. The first-order valence-electron chi connectivity index (χ1n) is 9.80. The van der Waals surface area contributed by atoms with Crippen LogP contribution in [0.25, 0.3) is 0 Å². The molecular formula is C19H19F7N4O3S. The zero-order valence-corrected chi connectivity index (χ0v) is 18.6. The maximum Gasteiger partial charge on any atom is 0.420 e. The Morgan fingerprint density at radius 2 is 1.91 bits per heavy atom. The lowest BCUT2D eigenvalue weighted by Gasteiger charge is -2.15. The smallest absolute Gasteiger partial charge is 0.320 e. The van der Waals surface area contributed by atoms with Crippen molar-refractivity contribution in [2.45, 2.75) is 55.8 Å². The molecule has 7 nitrogen and oxygen atoms in total. The molecule has 2 heterocycles. The predicted molar refractivity (Wildman–Crippen MR) is 104 cm³/mol. The van der Waals surface area contributed by atoms with Crippen LogP contribution in [0.4, 0.5) is 36.4 Å². The van der Waals surface area contributed by atoms with E-state index in [4.69, 9.17) is 0 Å². The van der Waals surface area contributed by atoms with E-state index in [0.29, 0.717) is 4.68 Å². The van der Waals surface area contributed by atoms with Crippen molar-refractivity contribution in [2.75, 3.05) is 11.6 Å². The molecule has 1 aliphatic rings. The van der Waals surface area contributed by atoms with Crippen LogP contribution in [-0.2, 0) is 28.5 Å². The third kappa shape index (κ3) is 5.67. The van der Waals surface area contributed by atoms with Gasteiger partial charge in [0.2, 0.25) is 5.92 Å². The van der Waals surface area contributed by atoms with Gasteiger partial charge in [0.1, 0.15) is 17.0 Å². The second kappa shape index (κ2) is 8.50. The van der Waals surface area contributed by atoms with Gasteiger partial charge in [-0.3, -0.25) is 9.48 Å². The zero-order chi connectivity index (χ0) is 25.7. The molecule has 188 valence electrons. The third-order valence-corrected chi connectivity index (χ3v) is 6.16. The van der Waals surface area contributed by atoms with Crippen molar-refractivity contribution in [1.29, 1.82) is 0 Å². The van der Waals surface area contributed by atoms with E-state index in [-0.39, 0.29) is 19.0 Å². The molecule has 2 aromatic heterocycles. The van der Waals surface area contributed by atoms with Crippen LogP contribution >= 0.6 is 0 Å². The summed E-state index contributed by atoms with van der Waals surface area (Å²) in [5.74, 6) is -9.60. The SMILES string of the molecule is CC(F)(F)c1nn(CC2CCC(F)(F)C2)c(C(=O)Nc2ccnc(S(C)(=O)=O)c2)c1C(F)(F)F. The number of carbonyl (C=O) groups excluding carboxylic acids is 1. The van der Waals surface area contributed by atoms with Crippen LogP contribution in [0.5, 0.6) is 0 Å². The van der Waals surface area contributed by atoms with Gasteiger partial charge in [0.05, 0.1) is 0 Å². The van der Waals surface area contributed by atoms with Gasteiger partial charge in [0.15, 0.2) is 14.9 Å². The fraction of sp³-hybridized carbons (Fsp3) is 0.526. The molecule has 2 aromatic rings. The quantitative estimate of drug-likeness (QED) is 0.571. The highest BCUT2D eigenvalue weighted by molar-refractivity contribution is 7.90. The van der Waals surface area contributed by atoms with Crippen LogP contribution < -0.4 is 5.32 Å². The minimum absolute atomic E-state index is 0.102. The highest BCUT2D eigenvalue weighted by atomic mass is 32.2. The lowest BCUT2D eigenvalue weighted by atomic mass is 10.1. The number of nitrogens with zero attached hydrogens (tertiary/aromatic N) is 3.